The maximum atomic E-state index is 11.4. The monoisotopic (exact) mass is 344 g/mol. The molecule has 0 N–H and O–H groups in total. The Bertz CT molecular complexity index is 496. The lowest BCUT2D eigenvalue weighted by atomic mass is 9.71. The van der Waals surface area contributed by atoms with Crippen molar-refractivity contribution in [2.75, 3.05) is 7.11 Å². The third kappa shape index (κ3) is 2.38. The average molecular weight is 345 g/mol. The van der Waals surface area contributed by atoms with Crippen molar-refractivity contribution in [1.29, 1.82) is 0 Å². The fraction of sp³-hybridized carbons (Fsp3) is 0.957. The Morgan fingerprint density at radius 1 is 0.720 bits per heavy atom. The van der Waals surface area contributed by atoms with Gasteiger partial charge in [0, 0.05) is 0 Å². The lowest BCUT2D eigenvalue weighted by molar-refractivity contribution is -0.148. The second-order valence-electron chi connectivity index (χ2n) is 10.6. The highest BCUT2D eigenvalue weighted by atomic mass is 16.5. The van der Waals surface area contributed by atoms with Crippen LogP contribution in [0.3, 0.4) is 0 Å². The van der Waals surface area contributed by atoms with Crippen LogP contribution >= 0.6 is 0 Å². The molecule has 2 nitrogen and oxygen atoms in total. The van der Waals surface area contributed by atoms with Crippen LogP contribution in [-0.4, -0.2) is 13.1 Å². The van der Waals surface area contributed by atoms with E-state index < -0.39 is 0 Å². The normalized spacial score (nSPS) is 56.7. The molecular formula is C23H36O2. The lowest BCUT2D eigenvalue weighted by Gasteiger charge is -2.34. The first-order valence-electron chi connectivity index (χ1n) is 11.2. The highest BCUT2D eigenvalue weighted by Crippen LogP contribution is 2.67. The minimum atomic E-state index is 0.0197. The molecule has 25 heavy (non-hydrogen) atoms. The summed E-state index contributed by atoms with van der Waals surface area (Å²) in [6.07, 6.45) is 12.0. The summed E-state index contributed by atoms with van der Waals surface area (Å²) in [7, 11) is 1.50. The van der Waals surface area contributed by atoms with Gasteiger partial charge in [0.1, 0.15) is 0 Å². The van der Waals surface area contributed by atoms with Crippen molar-refractivity contribution in [1.82, 2.24) is 0 Å². The van der Waals surface area contributed by atoms with Gasteiger partial charge in [0.2, 0.25) is 0 Å². The van der Waals surface area contributed by atoms with Gasteiger partial charge in [-0.3, -0.25) is 4.79 Å². The number of fused-ring (bicyclic) bond motifs is 11. The summed E-state index contributed by atoms with van der Waals surface area (Å²) >= 11 is 0. The van der Waals surface area contributed by atoms with Gasteiger partial charge in [0.05, 0.1) is 13.0 Å². The summed E-state index contributed by atoms with van der Waals surface area (Å²) in [6.45, 7) is 4.60. The van der Waals surface area contributed by atoms with Gasteiger partial charge in [-0.1, -0.05) is 13.8 Å². The van der Waals surface area contributed by atoms with Crippen LogP contribution in [0, 0.1) is 65.1 Å². The van der Waals surface area contributed by atoms with Crippen LogP contribution in [0.5, 0.6) is 0 Å². The van der Waals surface area contributed by atoms with Crippen LogP contribution in [0.4, 0.5) is 0 Å². The van der Waals surface area contributed by atoms with Gasteiger partial charge in [-0.15, -0.1) is 0 Å². The molecule has 6 fully saturated rings. The van der Waals surface area contributed by atoms with Crippen LogP contribution in [0.15, 0.2) is 0 Å². The van der Waals surface area contributed by atoms with Crippen molar-refractivity contribution >= 4 is 5.97 Å². The highest BCUT2D eigenvalue weighted by molar-refractivity contribution is 5.73. The van der Waals surface area contributed by atoms with E-state index in [2.05, 4.69) is 13.8 Å². The zero-order chi connectivity index (χ0) is 17.3. The van der Waals surface area contributed by atoms with Crippen molar-refractivity contribution in [3.63, 3.8) is 0 Å². The first-order valence-corrected chi connectivity index (χ1v) is 11.2. The molecule has 0 aromatic heterocycles. The maximum absolute atomic E-state index is 11.4. The Hall–Kier alpha value is -0.530. The van der Waals surface area contributed by atoms with Crippen molar-refractivity contribution in [3.8, 4) is 0 Å². The molecule has 0 aliphatic heterocycles. The molecule has 0 saturated heterocycles. The van der Waals surface area contributed by atoms with E-state index in [1.165, 1.54) is 49.0 Å². The Balaban J connectivity index is 0.000000112. The minimum Gasteiger partial charge on any atom is -0.469 e. The fourth-order valence-corrected chi connectivity index (χ4v) is 8.89. The van der Waals surface area contributed by atoms with Crippen LogP contribution in [0.25, 0.3) is 0 Å². The van der Waals surface area contributed by atoms with Gasteiger partial charge in [-0.2, -0.15) is 0 Å². The Kier molecular flexibility index (Phi) is 3.99. The van der Waals surface area contributed by atoms with E-state index in [0.29, 0.717) is 11.8 Å². The van der Waals surface area contributed by atoms with E-state index in [-0.39, 0.29) is 11.9 Å². The predicted molar refractivity (Wildman–Crippen MR) is 98.7 cm³/mol. The van der Waals surface area contributed by atoms with Gasteiger partial charge in [-0.25, -0.2) is 0 Å². The summed E-state index contributed by atoms with van der Waals surface area (Å²) in [4.78, 5) is 11.4. The summed E-state index contributed by atoms with van der Waals surface area (Å²) in [5.74, 6) is 10.4. The zero-order valence-corrected chi connectivity index (χ0v) is 16.3. The summed E-state index contributed by atoms with van der Waals surface area (Å²) in [6, 6.07) is 0. The predicted octanol–water partition coefficient (Wildman–Crippen LogP) is 5.17. The van der Waals surface area contributed by atoms with Crippen molar-refractivity contribution in [2.45, 2.75) is 65.2 Å². The number of hydrogen-bond acceptors (Lipinski definition) is 2. The molecule has 9 unspecified atom stereocenters. The number of carbonyl (C=O) groups is 1. The van der Waals surface area contributed by atoms with Gasteiger partial charge in [0.15, 0.2) is 0 Å². The van der Waals surface area contributed by atoms with E-state index in [1.807, 2.05) is 0 Å². The molecule has 0 radical (unpaired) electrons. The molecule has 0 spiro atoms. The van der Waals surface area contributed by atoms with Crippen LogP contribution in [0.2, 0.25) is 0 Å². The standard InChI is InChI=1S/C12H18.C11H18O2/c1-2-8-5-7(1)11-9-3-4-10(6-9)12(8)11;1-6-7(2)9-4-8(6)5-10(9)11(12)13-3/h7-12H,1-6H2;6-10H,4-5H2,1-3H3. The second-order valence-corrected chi connectivity index (χ2v) is 10.6. The molecule has 0 aromatic carbocycles. The Morgan fingerprint density at radius 2 is 1.24 bits per heavy atom. The number of hydrogen-bond donors (Lipinski definition) is 0. The average Bonchev–Trinajstić information content (AvgIpc) is 3.43. The molecule has 6 bridgehead atoms. The summed E-state index contributed by atoms with van der Waals surface area (Å²) in [5, 5.41) is 0. The zero-order valence-electron chi connectivity index (χ0n) is 16.3. The topological polar surface area (TPSA) is 26.3 Å². The fourth-order valence-electron chi connectivity index (χ4n) is 8.89. The molecule has 6 aliphatic rings. The second kappa shape index (κ2) is 5.99. The first kappa shape index (κ1) is 16.6. The van der Waals surface area contributed by atoms with Crippen LogP contribution < -0.4 is 0 Å². The van der Waals surface area contributed by atoms with Gasteiger partial charge < -0.3 is 4.74 Å². The van der Waals surface area contributed by atoms with E-state index in [9.17, 15) is 4.79 Å². The molecule has 2 heteroatoms. The Labute approximate surface area is 153 Å². The number of esters is 1. The largest absolute Gasteiger partial charge is 0.469 e. The van der Waals surface area contributed by atoms with Crippen LogP contribution in [0.1, 0.15) is 65.2 Å². The third-order valence-electron chi connectivity index (χ3n) is 10.0. The molecule has 0 aromatic rings. The van der Waals surface area contributed by atoms with Crippen molar-refractivity contribution < 1.29 is 9.53 Å². The smallest absolute Gasteiger partial charge is 0.308 e. The van der Waals surface area contributed by atoms with E-state index in [4.69, 9.17) is 4.74 Å². The summed E-state index contributed by atoms with van der Waals surface area (Å²) in [5.41, 5.74) is 0. The maximum Gasteiger partial charge on any atom is 0.308 e. The van der Waals surface area contributed by atoms with Crippen LogP contribution in [-0.2, 0) is 9.53 Å². The van der Waals surface area contributed by atoms with E-state index in [1.54, 1.807) is 38.5 Å². The number of methoxy groups -OCH3 is 1. The molecule has 0 amide bonds. The molecule has 9 atom stereocenters. The number of ether oxygens (including phenoxy) is 1. The molecule has 6 saturated carbocycles. The first-order chi connectivity index (χ1) is 12.1. The minimum absolute atomic E-state index is 0.0197. The molecular weight excluding hydrogens is 308 g/mol. The molecule has 0 heterocycles. The van der Waals surface area contributed by atoms with E-state index >= 15 is 0 Å². The lowest BCUT2D eigenvalue weighted by Crippen LogP contribution is -2.30. The molecule has 6 aliphatic carbocycles. The van der Waals surface area contributed by atoms with Gasteiger partial charge in [0.25, 0.3) is 0 Å². The quantitative estimate of drug-likeness (QED) is 0.485. The SMILES string of the molecule is C1CC2CC1C1C3CCC(C3)C21.COC(=O)C1CC2CC1C(C)C2C. The third-order valence-corrected chi connectivity index (χ3v) is 10.0. The van der Waals surface area contributed by atoms with Crippen molar-refractivity contribution in [2.24, 2.45) is 65.1 Å². The number of rotatable bonds is 1. The highest BCUT2D eigenvalue weighted by Gasteiger charge is 2.59. The molecule has 6 rings (SSSR count). The van der Waals surface area contributed by atoms with Crippen molar-refractivity contribution in [3.05, 3.63) is 0 Å². The summed E-state index contributed by atoms with van der Waals surface area (Å²) < 4.78 is 4.83. The van der Waals surface area contributed by atoms with Gasteiger partial charge in [-0.05, 0) is 111 Å². The van der Waals surface area contributed by atoms with E-state index in [0.717, 1.165) is 18.3 Å². The molecule has 140 valence electrons. The van der Waals surface area contributed by atoms with Gasteiger partial charge >= 0.3 is 5.97 Å². The number of carbonyl (C=O) groups excluding carboxylic acids is 1. The Morgan fingerprint density at radius 3 is 1.64 bits per heavy atom.